The highest BCUT2D eigenvalue weighted by Gasteiger charge is 2.32. The fourth-order valence-corrected chi connectivity index (χ4v) is 3.27. The molecular weight excluding hydrogens is 338 g/mol. The highest BCUT2D eigenvalue weighted by molar-refractivity contribution is 5.94. The Kier molecular flexibility index (Phi) is 4.52. The van der Waals surface area contributed by atoms with Gasteiger partial charge < -0.3 is 9.32 Å². The molecule has 27 heavy (non-hydrogen) atoms. The van der Waals surface area contributed by atoms with Crippen LogP contribution in [-0.4, -0.2) is 34.1 Å². The largest absolute Gasteiger partial charge is 0.416 e. The van der Waals surface area contributed by atoms with Crippen LogP contribution in [0.5, 0.6) is 0 Å². The van der Waals surface area contributed by atoms with Crippen LogP contribution < -0.4 is 0 Å². The predicted molar refractivity (Wildman–Crippen MR) is 104 cm³/mol. The van der Waals surface area contributed by atoms with Crippen molar-refractivity contribution in [2.45, 2.75) is 32.7 Å². The molecule has 5 heteroatoms. The van der Waals surface area contributed by atoms with Crippen molar-refractivity contribution in [3.05, 3.63) is 59.7 Å². The second kappa shape index (κ2) is 6.99. The third-order valence-corrected chi connectivity index (χ3v) is 5.30. The van der Waals surface area contributed by atoms with E-state index < -0.39 is 0 Å². The summed E-state index contributed by atoms with van der Waals surface area (Å²) in [6.45, 7) is 4.15. The van der Waals surface area contributed by atoms with E-state index in [1.807, 2.05) is 67.4 Å². The van der Waals surface area contributed by atoms with E-state index in [0.29, 0.717) is 23.3 Å². The molecule has 1 fully saturated rings. The number of nitrogens with zero attached hydrogens (tertiary/aromatic N) is 3. The average molecular weight is 361 g/mol. The van der Waals surface area contributed by atoms with Crippen molar-refractivity contribution >= 4 is 5.91 Å². The number of aromatic nitrogens is 2. The van der Waals surface area contributed by atoms with E-state index in [1.165, 1.54) is 12.8 Å². The first-order valence-electron chi connectivity index (χ1n) is 9.31. The molecule has 0 N–H and O–H groups in total. The van der Waals surface area contributed by atoms with Gasteiger partial charge in [0.1, 0.15) is 0 Å². The summed E-state index contributed by atoms with van der Waals surface area (Å²) >= 11 is 0. The standard InChI is InChI=1S/C22H23N3O2/c1-14-5-4-6-19(13-14)21-24-23-20(27-21)17-9-11-18(12-10-17)22(26)25(3)15(2)16-7-8-16/h4-6,9-13,15-16H,7-8H2,1-3H3. The van der Waals surface area contributed by atoms with E-state index in [-0.39, 0.29) is 11.9 Å². The van der Waals surface area contributed by atoms with Crippen LogP contribution in [0.2, 0.25) is 0 Å². The molecule has 0 saturated heterocycles. The van der Waals surface area contributed by atoms with E-state index in [9.17, 15) is 4.79 Å². The van der Waals surface area contributed by atoms with Crippen molar-refractivity contribution in [2.75, 3.05) is 7.05 Å². The molecule has 1 atom stereocenters. The second-order valence-electron chi connectivity index (χ2n) is 7.35. The monoisotopic (exact) mass is 361 g/mol. The Morgan fingerprint density at radius 3 is 2.37 bits per heavy atom. The third-order valence-electron chi connectivity index (χ3n) is 5.30. The number of hydrogen-bond donors (Lipinski definition) is 0. The van der Waals surface area contributed by atoms with Crippen molar-refractivity contribution in [1.82, 2.24) is 15.1 Å². The van der Waals surface area contributed by atoms with Crippen LogP contribution in [0, 0.1) is 12.8 Å². The molecule has 2 aromatic carbocycles. The van der Waals surface area contributed by atoms with Gasteiger partial charge in [0.2, 0.25) is 11.8 Å². The van der Waals surface area contributed by atoms with Crippen molar-refractivity contribution in [3.8, 4) is 22.9 Å². The van der Waals surface area contributed by atoms with Crippen LogP contribution in [0.15, 0.2) is 52.9 Å². The molecular formula is C22H23N3O2. The van der Waals surface area contributed by atoms with E-state index in [0.717, 1.165) is 16.7 Å². The van der Waals surface area contributed by atoms with E-state index in [1.54, 1.807) is 0 Å². The van der Waals surface area contributed by atoms with Crippen LogP contribution in [0.3, 0.4) is 0 Å². The summed E-state index contributed by atoms with van der Waals surface area (Å²) in [7, 11) is 1.88. The molecule has 0 bridgehead atoms. The molecule has 0 radical (unpaired) electrons. The molecule has 1 amide bonds. The molecule has 138 valence electrons. The Balaban J connectivity index is 1.51. The Morgan fingerprint density at radius 1 is 1.07 bits per heavy atom. The molecule has 1 aromatic heterocycles. The molecule has 1 saturated carbocycles. The summed E-state index contributed by atoms with van der Waals surface area (Å²) in [6.07, 6.45) is 2.44. The van der Waals surface area contributed by atoms with Gasteiger partial charge in [0, 0.05) is 29.8 Å². The minimum atomic E-state index is 0.0481. The molecule has 1 unspecified atom stereocenters. The maximum Gasteiger partial charge on any atom is 0.253 e. The van der Waals surface area contributed by atoms with Gasteiger partial charge in [0.15, 0.2) is 0 Å². The Morgan fingerprint density at radius 2 is 1.74 bits per heavy atom. The topological polar surface area (TPSA) is 59.2 Å². The summed E-state index contributed by atoms with van der Waals surface area (Å²) in [5.41, 5.74) is 3.51. The van der Waals surface area contributed by atoms with Gasteiger partial charge in [-0.1, -0.05) is 17.7 Å². The van der Waals surface area contributed by atoms with E-state index >= 15 is 0 Å². The fraction of sp³-hybridized carbons (Fsp3) is 0.318. The number of aryl methyl sites for hydroxylation is 1. The Bertz CT molecular complexity index is 958. The van der Waals surface area contributed by atoms with Gasteiger partial charge in [-0.2, -0.15) is 0 Å². The molecule has 1 aliphatic carbocycles. The number of amides is 1. The van der Waals surface area contributed by atoms with Crippen molar-refractivity contribution < 1.29 is 9.21 Å². The fourth-order valence-electron chi connectivity index (χ4n) is 3.27. The lowest BCUT2D eigenvalue weighted by molar-refractivity contribution is 0.0727. The molecule has 5 nitrogen and oxygen atoms in total. The first-order chi connectivity index (χ1) is 13.0. The summed E-state index contributed by atoms with van der Waals surface area (Å²) in [6, 6.07) is 15.6. The zero-order valence-corrected chi connectivity index (χ0v) is 15.8. The van der Waals surface area contributed by atoms with Gasteiger partial charge in [-0.15, -0.1) is 10.2 Å². The first-order valence-corrected chi connectivity index (χ1v) is 9.31. The second-order valence-corrected chi connectivity index (χ2v) is 7.35. The minimum absolute atomic E-state index is 0.0481. The molecule has 3 aromatic rings. The van der Waals surface area contributed by atoms with Crippen LogP contribution in [-0.2, 0) is 0 Å². The molecule has 1 heterocycles. The smallest absolute Gasteiger partial charge is 0.253 e. The maximum absolute atomic E-state index is 12.7. The maximum atomic E-state index is 12.7. The van der Waals surface area contributed by atoms with E-state index in [4.69, 9.17) is 4.42 Å². The van der Waals surface area contributed by atoms with E-state index in [2.05, 4.69) is 17.1 Å². The Labute approximate surface area is 159 Å². The quantitative estimate of drug-likeness (QED) is 0.667. The van der Waals surface area contributed by atoms with Crippen molar-refractivity contribution in [3.63, 3.8) is 0 Å². The number of rotatable bonds is 5. The highest BCUT2D eigenvalue weighted by Crippen LogP contribution is 2.35. The summed E-state index contributed by atoms with van der Waals surface area (Å²) in [5, 5.41) is 8.30. The number of hydrogen-bond acceptors (Lipinski definition) is 4. The molecule has 4 rings (SSSR count). The van der Waals surface area contributed by atoms with Gasteiger partial charge in [-0.3, -0.25) is 4.79 Å². The molecule has 0 spiro atoms. The summed E-state index contributed by atoms with van der Waals surface area (Å²) in [5.74, 6) is 1.64. The summed E-state index contributed by atoms with van der Waals surface area (Å²) < 4.78 is 5.82. The predicted octanol–water partition coefficient (Wildman–Crippen LogP) is 4.58. The van der Waals surface area contributed by atoms with Crippen molar-refractivity contribution in [1.29, 1.82) is 0 Å². The first kappa shape index (κ1) is 17.5. The van der Waals surface area contributed by atoms with Crippen LogP contribution in [0.25, 0.3) is 22.9 Å². The zero-order valence-electron chi connectivity index (χ0n) is 15.8. The zero-order chi connectivity index (χ0) is 19.0. The lowest BCUT2D eigenvalue weighted by atomic mass is 10.1. The third kappa shape index (κ3) is 3.63. The lowest BCUT2D eigenvalue weighted by Crippen LogP contribution is -2.36. The van der Waals surface area contributed by atoms with Gasteiger partial charge in [-0.05, 0) is 69.0 Å². The molecule has 0 aliphatic heterocycles. The van der Waals surface area contributed by atoms with Gasteiger partial charge in [0.25, 0.3) is 5.91 Å². The summed E-state index contributed by atoms with van der Waals surface area (Å²) in [4.78, 5) is 14.5. The van der Waals surface area contributed by atoms with Crippen molar-refractivity contribution in [2.24, 2.45) is 5.92 Å². The normalized spacial score (nSPS) is 14.8. The van der Waals surface area contributed by atoms with Gasteiger partial charge >= 0.3 is 0 Å². The Hall–Kier alpha value is -2.95. The van der Waals surface area contributed by atoms with Gasteiger partial charge in [0.05, 0.1) is 0 Å². The minimum Gasteiger partial charge on any atom is -0.416 e. The lowest BCUT2D eigenvalue weighted by Gasteiger charge is -2.25. The SMILES string of the molecule is Cc1cccc(-c2nnc(-c3ccc(C(=O)N(C)C(C)C4CC4)cc3)o2)c1. The number of benzene rings is 2. The van der Waals surface area contributed by atoms with Crippen LogP contribution in [0.4, 0.5) is 0 Å². The number of carbonyl (C=O) groups excluding carboxylic acids is 1. The van der Waals surface area contributed by atoms with Crippen LogP contribution in [0.1, 0.15) is 35.7 Å². The molecule has 1 aliphatic rings. The van der Waals surface area contributed by atoms with Gasteiger partial charge in [-0.25, -0.2) is 0 Å². The average Bonchev–Trinajstić information content (AvgIpc) is 3.42. The van der Waals surface area contributed by atoms with Crippen LogP contribution >= 0.6 is 0 Å². The number of carbonyl (C=O) groups is 1. The highest BCUT2D eigenvalue weighted by atomic mass is 16.4.